The summed E-state index contributed by atoms with van der Waals surface area (Å²) in [6.07, 6.45) is 0. The fourth-order valence-electron chi connectivity index (χ4n) is 4.40. The zero-order chi connectivity index (χ0) is 27.6. The number of hydrogen-bond acceptors (Lipinski definition) is 6. The molecule has 6 rings (SSSR count). The third-order valence-electron chi connectivity index (χ3n) is 6.54. The van der Waals surface area contributed by atoms with Gasteiger partial charge in [-0.05, 0) is 52.7 Å². The second-order valence-electron chi connectivity index (χ2n) is 9.24. The van der Waals surface area contributed by atoms with E-state index < -0.39 is 0 Å². The smallest absolute Gasteiger partial charge is 0.269 e. The third-order valence-corrected chi connectivity index (χ3v) is 7.65. The summed E-state index contributed by atoms with van der Waals surface area (Å²) in [4.78, 5) is 17.5. The Hall–Kier alpha value is -4.66. The van der Waals surface area contributed by atoms with Crippen LogP contribution in [0, 0.1) is 5.41 Å². The maximum Gasteiger partial charge on any atom is 0.269 e. The van der Waals surface area contributed by atoms with E-state index in [9.17, 15) is 9.90 Å². The van der Waals surface area contributed by atoms with Crippen LogP contribution in [-0.2, 0) is 6.61 Å². The number of ether oxygens (including phenoxy) is 1. The molecule has 0 unspecified atom stereocenters. The second kappa shape index (κ2) is 10.8. The van der Waals surface area contributed by atoms with E-state index in [4.69, 9.17) is 21.7 Å². The number of rotatable bonds is 7. The van der Waals surface area contributed by atoms with Crippen molar-refractivity contribution in [2.24, 2.45) is 0 Å². The van der Waals surface area contributed by atoms with Gasteiger partial charge in [0.05, 0.1) is 17.8 Å². The fraction of sp³-hybridized carbons (Fsp3) is 0.0645. The van der Waals surface area contributed by atoms with Crippen molar-refractivity contribution < 1.29 is 14.6 Å². The minimum atomic E-state index is -0.387. The molecule has 0 bridgehead atoms. The SMILES string of the molecule is N=C1C(c2nc(-c3ccc(Cl)cc3)cs2)=C(O)CN1NC(=O)c1ccc(COc2ccc3ccccc3c2)cc1. The van der Waals surface area contributed by atoms with Gasteiger partial charge in [-0.15, -0.1) is 11.3 Å². The van der Waals surface area contributed by atoms with Crippen LogP contribution in [0.15, 0.2) is 102 Å². The number of hydrazine groups is 1. The quantitative estimate of drug-likeness (QED) is 0.195. The highest BCUT2D eigenvalue weighted by atomic mass is 35.5. The number of fused-ring (bicyclic) bond motifs is 1. The van der Waals surface area contributed by atoms with Crippen LogP contribution < -0.4 is 10.2 Å². The van der Waals surface area contributed by atoms with Gasteiger partial charge in [-0.25, -0.2) is 4.98 Å². The highest BCUT2D eigenvalue weighted by Gasteiger charge is 2.31. The van der Waals surface area contributed by atoms with Crippen LogP contribution in [0.25, 0.3) is 27.6 Å². The average Bonchev–Trinajstić information content (AvgIpc) is 3.56. The maximum atomic E-state index is 12.9. The van der Waals surface area contributed by atoms with Gasteiger partial charge < -0.3 is 9.84 Å². The first-order valence-electron chi connectivity index (χ1n) is 12.5. The van der Waals surface area contributed by atoms with Crippen LogP contribution in [0.3, 0.4) is 0 Å². The Morgan fingerprint density at radius 3 is 2.55 bits per heavy atom. The zero-order valence-corrected chi connectivity index (χ0v) is 22.7. The van der Waals surface area contributed by atoms with Crippen molar-refractivity contribution in [2.45, 2.75) is 6.61 Å². The number of aliphatic hydroxyl groups excluding tert-OH is 1. The summed E-state index contributed by atoms with van der Waals surface area (Å²) in [5, 5.41) is 25.8. The van der Waals surface area contributed by atoms with Gasteiger partial charge in [-0.1, -0.05) is 66.2 Å². The van der Waals surface area contributed by atoms with Crippen LogP contribution in [0.4, 0.5) is 0 Å². The summed E-state index contributed by atoms with van der Waals surface area (Å²) in [6.45, 7) is 0.345. The van der Waals surface area contributed by atoms with Crippen molar-refractivity contribution in [2.75, 3.05) is 6.54 Å². The van der Waals surface area contributed by atoms with Crippen molar-refractivity contribution in [3.05, 3.63) is 123 Å². The predicted octanol–water partition coefficient (Wildman–Crippen LogP) is 7.10. The number of aromatic nitrogens is 1. The number of nitrogens with zero attached hydrogens (tertiary/aromatic N) is 2. The van der Waals surface area contributed by atoms with Gasteiger partial charge in [0.1, 0.15) is 23.1 Å². The molecule has 40 heavy (non-hydrogen) atoms. The molecule has 1 aliphatic heterocycles. The Morgan fingerprint density at radius 2 is 1.77 bits per heavy atom. The molecule has 0 atom stereocenters. The van der Waals surface area contributed by atoms with Crippen LogP contribution in [0.1, 0.15) is 20.9 Å². The van der Waals surface area contributed by atoms with Crippen molar-refractivity contribution in [1.82, 2.24) is 15.4 Å². The van der Waals surface area contributed by atoms with Crippen molar-refractivity contribution in [3.63, 3.8) is 0 Å². The van der Waals surface area contributed by atoms with Gasteiger partial charge in [0.2, 0.25) is 0 Å². The maximum absolute atomic E-state index is 12.9. The van der Waals surface area contributed by atoms with Crippen LogP contribution in [0.5, 0.6) is 5.75 Å². The Balaban J connectivity index is 1.07. The van der Waals surface area contributed by atoms with E-state index in [-0.39, 0.29) is 24.0 Å². The van der Waals surface area contributed by atoms with Crippen LogP contribution >= 0.6 is 22.9 Å². The first-order chi connectivity index (χ1) is 19.4. The minimum Gasteiger partial charge on any atom is -0.509 e. The molecule has 7 nitrogen and oxygen atoms in total. The highest BCUT2D eigenvalue weighted by Crippen LogP contribution is 2.32. The molecule has 0 spiro atoms. The molecule has 4 aromatic carbocycles. The number of carbonyl (C=O) groups is 1. The predicted molar refractivity (Wildman–Crippen MR) is 159 cm³/mol. The van der Waals surface area contributed by atoms with Crippen molar-refractivity contribution in [3.8, 4) is 17.0 Å². The molecule has 0 fully saturated rings. The van der Waals surface area contributed by atoms with E-state index in [1.54, 1.807) is 24.3 Å². The largest absolute Gasteiger partial charge is 0.509 e. The number of benzene rings is 4. The fourth-order valence-corrected chi connectivity index (χ4v) is 5.43. The zero-order valence-electron chi connectivity index (χ0n) is 21.1. The molecule has 2 heterocycles. The average molecular weight is 567 g/mol. The standard InChI is InChI=1S/C31H23ClN4O3S/c32-24-12-9-21(10-13-24)26-18-40-31(34-26)28-27(37)16-36(29(28)33)35-30(38)22-7-5-19(6-8-22)17-39-25-14-11-20-3-1-2-4-23(20)15-25/h1-15,18,33,37H,16-17H2,(H,35,38). The van der Waals surface area contributed by atoms with Gasteiger partial charge in [0.15, 0.2) is 5.84 Å². The Kier molecular flexibility index (Phi) is 6.94. The van der Waals surface area contributed by atoms with Crippen molar-refractivity contribution in [1.29, 1.82) is 5.41 Å². The van der Waals surface area contributed by atoms with E-state index in [2.05, 4.69) is 16.5 Å². The summed E-state index contributed by atoms with van der Waals surface area (Å²) in [5.74, 6) is 0.338. The summed E-state index contributed by atoms with van der Waals surface area (Å²) in [7, 11) is 0. The van der Waals surface area contributed by atoms with E-state index in [0.29, 0.717) is 27.8 Å². The number of nitrogens with one attached hydrogen (secondary N) is 2. The van der Waals surface area contributed by atoms with Gasteiger partial charge >= 0.3 is 0 Å². The molecule has 0 radical (unpaired) electrons. The lowest BCUT2D eigenvalue weighted by Crippen LogP contribution is -2.43. The van der Waals surface area contributed by atoms with Gasteiger partial charge in [0.25, 0.3) is 5.91 Å². The van der Waals surface area contributed by atoms with E-state index >= 15 is 0 Å². The molecular weight excluding hydrogens is 544 g/mol. The lowest BCUT2D eigenvalue weighted by Gasteiger charge is -2.19. The lowest BCUT2D eigenvalue weighted by atomic mass is 10.1. The molecule has 9 heteroatoms. The summed E-state index contributed by atoms with van der Waals surface area (Å²) in [6, 6.07) is 28.5. The minimum absolute atomic E-state index is 0.0204. The Labute approximate surface area is 239 Å². The lowest BCUT2D eigenvalue weighted by molar-refractivity contribution is 0.0874. The number of thiazole rings is 1. The number of aliphatic hydroxyl groups is 1. The van der Waals surface area contributed by atoms with Gasteiger partial charge in [-0.2, -0.15) is 0 Å². The monoisotopic (exact) mass is 566 g/mol. The summed E-state index contributed by atoms with van der Waals surface area (Å²) >= 11 is 7.30. The first-order valence-corrected chi connectivity index (χ1v) is 13.7. The number of hydrogen-bond donors (Lipinski definition) is 3. The van der Waals surface area contributed by atoms with E-state index in [1.807, 2.05) is 66.0 Å². The molecule has 1 aromatic heterocycles. The van der Waals surface area contributed by atoms with E-state index in [0.717, 1.165) is 33.3 Å². The third kappa shape index (κ3) is 5.27. The number of carbonyl (C=O) groups excluding carboxylic acids is 1. The van der Waals surface area contributed by atoms with Crippen LogP contribution in [-0.4, -0.2) is 33.4 Å². The number of amidine groups is 1. The van der Waals surface area contributed by atoms with Gasteiger partial charge in [-0.3, -0.25) is 20.6 Å². The van der Waals surface area contributed by atoms with Gasteiger partial charge in [0, 0.05) is 21.5 Å². The van der Waals surface area contributed by atoms with E-state index in [1.165, 1.54) is 16.3 Å². The molecule has 0 aliphatic carbocycles. The first kappa shape index (κ1) is 25.6. The second-order valence-corrected chi connectivity index (χ2v) is 10.5. The molecule has 3 N–H and O–H groups in total. The topological polar surface area (TPSA) is 98.5 Å². The number of amides is 1. The van der Waals surface area contributed by atoms with Crippen molar-refractivity contribution >= 4 is 51.0 Å². The Morgan fingerprint density at radius 1 is 1.02 bits per heavy atom. The Bertz CT molecular complexity index is 1760. The molecule has 198 valence electrons. The molecule has 1 aliphatic rings. The molecular formula is C31H23ClN4O3S. The summed E-state index contributed by atoms with van der Waals surface area (Å²) in [5.41, 5.74) is 5.96. The molecule has 0 saturated carbocycles. The molecule has 0 saturated heterocycles. The molecule has 1 amide bonds. The van der Waals surface area contributed by atoms with Crippen LogP contribution in [0.2, 0.25) is 5.02 Å². The number of halogens is 1. The normalized spacial score (nSPS) is 13.2. The molecule has 5 aromatic rings. The highest BCUT2D eigenvalue weighted by molar-refractivity contribution is 7.11. The summed E-state index contributed by atoms with van der Waals surface area (Å²) < 4.78 is 5.94.